The minimum atomic E-state index is 0. The van der Waals surface area contributed by atoms with Crippen LogP contribution >= 0.6 is 35.3 Å². The van der Waals surface area contributed by atoms with Crippen molar-refractivity contribution in [3.63, 3.8) is 0 Å². The summed E-state index contributed by atoms with van der Waals surface area (Å²) in [6.45, 7) is 8.67. The number of ether oxygens (including phenoxy) is 2. The molecule has 4 rings (SSSR count). The van der Waals surface area contributed by atoms with Gasteiger partial charge in [0.2, 0.25) is 5.91 Å². The van der Waals surface area contributed by atoms with Crippen LogP contribution in [0.1, 0.15) is 16.7 Å². The molecular formula is C24H29Cl2N3O3S. The third kappa shape index (κ3) is 5.97. The van der Waals surface area contributed by atoms with Crippen molar-refractivity contribution in [1.29, 1.82) is 0 Å². The average molecular weight is 510 g/mol. The third-order valence-electron chi connectivity index (χ3n) is 5.87. The van der Waals surface area contributed by atoms with Crippen molar-refractivity contribution < 1.29 is 14.3 Å². The van der Waals surface area contributed by atoms with Gasteiger partial charge < -0.3 is 9.47 Å². The van der Waals surface area contributed by atoms with E-state index in [1.54, 1.807) is 18.1 Å². The maximum absolute atomic E-state index is 13.5. The van der Waals surface area contributed by atoms with E-state index in [1.807, 2.05) is 12.1 Å². The van der Waals surface area contributed by atoms with Crippen molar-refractivity contribution >= 4 is 56.6 Å². The van der Waals surface area contributed by atoms with Gasteiger partial charge >= 0.3 is 0 Å². The Morgan fingerprint density at radius 1 is 1.21 bits per heavy atom. The number of hydrogen-bond donors (Lipinski definition) is 0. The molecule has 178 valence electrons. The molecule has 0 bridgehead atoms. The third-order valence-corrected chi connectivity index (χ3v) is 7.41. The van der Waals surface area contributed by atoms with Crippen molar-refractivity contribution in [2.75, 3.05) is 51.4 Å². The molecule has 0 N–H and O–H groups in total. The number of rotatable bonds is 7. The zero-order chi connectivity index (χ0) is 22.7. The topological polar surface area (TPSA) is 54.9 Å². The first-order valence-electron chi connectivity index (χ1n) is 10.8. The van der Waals surface area contributed by atoms with Crippen molar-refractivity contribution in [3.05, 3.63) is 52.0 Å². The smallest absolute Gasteiger partial charge is 0.233 e. The van der Waals surface area contributed by atoms with E-state index in [9.17, 15) is 4.79 Å². The molecule has 1 amide bonds. The number of anilines is 1. The van der Waals surface area contributed by atoms with Gasteiger partial charge in [0.05, 0.1) is 36.5 Å². The Hall–Kier alpha value is -1.90. The number of carbonyl (C=O) groups excluding carboxylic acids is 1. The van der Waals surface area contributed by atoms with Gasteiger partial charge in [-0.25, -0.2) is 4.98 Å². The SMILES string of the molecule is COc1ccc(Cl)c2sc(N(CCN3CCOCC3)C(=O)Cc3ccc(C)c(C)c3)nc12.Cl. The number of hydrogen-bond acceptors (Lipinski definition) is 6. The molecule has 6 nitrogen and oxygen atoms in total. The Morgan fingerprint density at radius 2 is 1.97 bits per heavy atom. The zero-order valence-electron chi connectivity index (χ0n) is 19.1. The minimum Gasteiger partial charge on any atom is -0.494 e. The number of carbonyl (C=O) groups is 1. The molecule has 1 saturated heterocycles. The van der Waals surface area contributed by atoms with Gasteiger partial charge in [0, 0.05) is 26.2 Å². The van der Waals surface area contributed by atoms with Gasteiger partial charge in [-0.15, -0.1) is 12.4 Å². The van der Waals surface area contributed by atoms with Crippen LogP contribution in [0.25, 0.3) is 10.2 Å². The molecule has 0 spiro atoms. The van der Waals surface area contributed by atoms with E-state index >= 15 is 0 Å². The summed E-state index contributed by atoms with van der Waals surface area (Å²) in [6.07, 6.45) is 0.324. The van der Waals surface area contributed by atoms with Crippen LogP contribution in [0.2, 0.25) is 5.02 Å². The Bertz CT molecular complexity index is 1120. The molecule has 2 heterocycles. The number of benzene rings is 2. The highest BCUT2D eigenvalue weighted by Crippen LogP contribution is 2.38. The van der Waals surface area contributed by atoms with E-state index in [2.05, 4.69) is 30.9 Å². The van der Waals surface area contributed by atoms with Crippen LogP contribution in [0.3, 0.4) is 0 Å². The highest BCUT2D eigenvalue weighted by molar-refractivity contribution is 7.23. The number of amides is 1. The summed E-state index contributed by atoms with van der Waals surface area (Å²) in [4.78, 5) is 22.4. The Morgan fingerprint density at radius 3 is 2.67 bits per heavy atom. The monoisotopic (exact) mass is 509 g/mol. The number of thiazole rings is 1. The van der Waals surface area contributed by atoms with Gasteiger partial charge in [-0.2, -0.15) is 0 Å². The highest BCUT2D eigenvalue weighted by Gasteiger charge is 2.23. The molecular weight excluding hydrogens is 481 g/mol. The molecule has 3 aromatic rings. The lowest BCUT2D eigenvalue weighted by Gasteiger charge is -2.29. The van der Waals surface area contributed by atoms with Crippen molar-refractivity contribution in [3.8, 4) is 5.75 Å². The lowest BCUT2D eigenvalue weighted by atomic mass is 10.0. The number of morpholine rings is 1. The number of halogens is 2. The number of nitrogens with zero attached hydrogens (tertiary/aromatic N) is 3. The fraction of sp³-hybridized carbons (Fsp3) is 0.417. The molecule has 0 unspecified atom stereocenters. The van der Waals surface area contributed by atoms with Gasteiger partial charge in [-0.3, -0.25) is 14.6 Å². The maximum atomic E-state index is 13.5. The van der Waals surface area contributed by atoms with E-state index in [-0.39, 0.29) is 18.3 Å². The number of fused-ring (bicyclic) bond motifs is 1. The van der Waals surface area contributed by atoms with E-state index in [4.69, 9.17) is 26.1 Å². The second kappa shape index (κ2) is 11.5. The van der Waals surface area contributed by atoms with E-state index in [0.29, 0.717) is 34.4 Å². The Balaban J connectivity index is 0.00000306. The Kier molecular flexibility index (Phi) is 8.95. The van der Waals surface area contributed by atoms with Crippen molar-refractivity contribution in [2.24, 2.45) is 0 Å². The van der Waals surface area contributed by atoms with Crippen LogP contribution in [-0.2, 0) is 16.0 Å². The molecule has 0 atom stereocenters. The van der Waals surface area contributed by atoms with Crippen LogP contribution in [0, 0.1) is 13.8 Å². The summed E-state index contributed by atoms with van der Waals surface area (Å²) in [6, 6.07) is 9.80. The number of aromatic nitrogens is 1. The largest absolute Gasteiger partial charge is 0.494 e. The van der Waals surface area contributed by atoms with Crippen molar-refractivity contribution in [1.82, 2.24) is 9.88 Å². The molecule has 0 saturated carbocycles. The van der Waals surface area contributed by atoms with Crippen LogP contribution in [0.5, 0.6) is 5.75 Å². The van der Waals surface area contributed by atoms with Crippen LogP contribution in [0.4, 0.5) is 5.13 Å². The molecule has 0 radical (unpaired) electrons. The number of methoxy groups -OCH3 is 1. The van der Waals surface area contributed by atoms with E-state index in [0.717, 1.165) is 43.1 Å². The van der Waals surface area contributed by atoms with E-state index in [1.165, 1.54) is 22.5 Å². The second-order valence-corrected chi connectivity index (χ2v) is 9.40. The molecule has 1 aliphatic rings. The Labute approximate surface area is 209 Å². The van der Waals surface area contributed by atoms with Gasteiger partial charge in [-0.1, -0.05) is 41.1 Å². The first kappa shape index (κ1) is 25.7. The first-order valence-corrected chi connectivity index (χ1v) is 12.0. The second-order valence-electron chi connectivity index (χ2n) is 8.02. The van der Waals surface area contributed by atoms with Gasteiger partial charge in [-0.05, 0) is 42.7 Å². The van der Waals surface area contributed by atoms with Gasteiger partial charge in [0.15, 0.2) is 5.13 Å². The molecule has 2 aromatic carbocycles. The predicted octanol–water partition coefficient (Wildman–Crippen LogP) is 4.90. The summed E-state index contributed by atoms with van der Waals surface area (Å²) < 4.78 is 11.8. The lowest BCUT2D eigenvalue weighted by molar-refractivity contribution is -0.118. The predicted molar refractivity (Wildman–Crippen MR) is 138 cm³/mol. The molecule has 0 aliphatic carbocycles. The normalized spacial score (nSPS) is 14.2. The maximum Gasteiger partial charge on any atom is 0.233 e. The van der Waals surface area contributed by atoms with Gasteiger partial charge in [0.1, 0.15) is 11.3 Å². The van der Waals surface area contributed by atoms with Crippen molar-refractivity contribution in [2.45, 2.75) is 20.3 Å². The quantitative estimate of drug-likeness (QED) is 0.453. The van der Waals surface area contributed by atoms with Gasteiger partial charge in [0.25, 0.3) is 0 Å². The summed E-state index contributed by atoms with van der Waals surface area (Å²) >= 11 is 7.87. The summed E-state index contributed by atoms with van der Waals surface area (Å²) in [5.41, 5.74) is 4.10. The minimum absolute atomic E-state index is 0. The molecule has 1 aromatic heterocycles. The standard InChI is InChI=1S/C24H28ClN3O3S.ClH/c1-16-4-5-18(14-17(16)2)15-21(29)28(9-8-27-10-12-31-13-11-27)24-26-22-20(30-3)7-6-19(25)23(22)32-24;/h4-7,14H,8-13,15H2,1-3H3;1H. The first-order chi connectivity index (χ1) is 15.5. The fourth-order valence-corrected chi connectivity index (χ4v) is 5.10. The summed E-state index contributed by atoms with van der Waals surface area (Å²) in [7, 11) is 1.61. The van der Waals surface area contributed by atoms with Crippen LogP contribution in [-0.4, -0.2) is 62.3 Å². The average Bonchev–Trinajstić information content (AvgIpc) is 3.23. The molecule has 9 heteroatoms. The summed E-state index contributed by atoms with van der Waals surface area (Å²) in [5, 5.41) is 1.26. The van der Waals surface area contributed by atoms with E-state index < -0.39 is 0 Å². The molecule has 1 fully saturated rings. The highest BCUT2D eigenvalue weighted by atomic mass is 35.5. The fourth-order valence-electron chi connectivity index (χ4n) is 3.80. The molecule has 1 aliphatic heterocycles. The lowest BCUT2D eigenvalue weighted by Crippen LogP contribution is -2.43. The summed E-state index contributed by atoms with van der Waals surface area (Å²) in [5.74, 6) is 0.678. The zero-order valence-corrected chi connectivity index (χ0v) is 21.5. The van der Waals surface area contributed by atoms with Crippen LogP contribution in [0.15, 0.2) is 30.3 Å². The number of aryl methyl sites for hydroxylation is 2. The van der Waals surface area contributed by atoms with Crippen LogP contribution < -0.4 is 9.64 Å². The molecule has 33 heavy (non-hydrogen) atoms.